The quantitative estimate of drug-likeness (QED) is 0.0447. The van der Waals surface area contributed by atoms with Crippen LogP contribution in [0.2, 0.25) is 0 Å². The molecule has 0 aliphatic heterocycles. The number of allylic oxidation sites excluding steroid dienone is 2. The summed E-state index contributed by atoms with van der Waals surface area (Å²) in [4.78, 5) is 21.7. The van der Waals surface area contributed by atoms with Gasteiger partial charge in [-0.1, -0.05) is 64.0 Å². The van der Waals surface area contributed by atoms with Gasteiger partial charge in [-0.25, -0.2) is 4.57 Å². The minimum absolute atomic E-state index is 0.178. The zero-order valence-electron chi connectivity index (χ0n) is 22.9. The number of hydrogen-bond acceptors (Lipinski definition) is 11. The van der Waals surface area contributed by atoms with Crippen molar-refractivity contribution in [2.45, 2.75) is 133 Å². The molecule has 12 nitrogen and oxygen atoms in total. The fourth-order valence-corrected chi connectivity index (χ4v) is 5.14. The van der Waals surface area contributed by atoms with Crippen LogP contribution < -0.4 is 0 Å². The molecule has 0 aromatic carbocycles. The first-order valence-corrected chi connectivity index (χ1v) is 15.5. The first-order chi connectivity index (χ1) is 18.5. The molecule has 1 rings (SSSR count). The summed E-state index contributed by atoms with van der Waals surface area (Å²) in [6.45, 7) is 0.955. The number of carbonyl (C=O) groups excluding carboxylic acids is 1. The molecule has 13 heteroatoms. The van der Waals surface area contributed by atoms with Gasteiger partial charge in [0.25, 0.3) is 0 Å². The van der Waals surface area contributed by atoms with E-state index in [9.17, 15) is 44.9 Å². The highest BCUT2D eigenvalue weighted by molar-refractivity contribution is 7.47. The molecule has 1 aliphatic carbocycles. The first-order valence-electron chi connectivity index (χ1n) is 14.0. The zero-order chi connectivity index (χ0) is 29.3. The largest absolute Gasteiger partial charge is 0.472 e. The fraction of sp³-hybridized carbons (Fsp3) is 0.885. The third-order valence-electron chi connectivity index (χ3n) is 6.59. The van der Waals surface area contributed by atoms with Crippen LogP contribution in [0, 0.1) is 0 Å². The van der Waals surface area contributed by atoms with E-state index in [0.29, 0.717) is 6.42 Å². The lowest BCUT2D eigenvalue weighted by atomic mass is 9.85. The predicted molar refractivity (Wildman–Crippen MR) is 142 cm³/mol. The van der Waals surface area contributed by atoms with Crippen LogP contribution in [0.5, 0.6) is 0 Å². The molecule has 0 amide bonds. The van der Waals surface area contributed by atoms with Gasteiger partial charge in [0, 0.05) is 6.42 Å². The highest BCUT2D eigenvalue weighted by atomic mass is 31.2. The summed E-state index contributed by atoms with van der Waals surface area (Å²) in [5, 5.41) is 58.5. The second-order valence-electron chi connectivity index (χ2n) is 10.1. The van der Waals surface area contributed by atoms with Crippen LogP contribution in [0.25, 0.3) is 0 Å². The second-order valence-corrected chi connectivity index (χ2v) is 11.5. The Kier molecular flexibility index (Phi) is 18.6. The Bertz CT molecular complexity index is 720. The lowest BCUT2D eigenvalue weighted by Gasteiger charge is -2.41. The van der Waals surface area contributed by atoms with Crippen LogP contribution in [0.3, 0.4) is 0 Å². The third kappa shape index (κ3) is 15.0. The van der Waals surface area contributed by atoms with Crippen molar-refractivity contribution in [1.29, 1.82) is 0 Å². The zero-order valence-corrected chi connectivity index (χ0v) is 23.8. The number of carbonyl (C=O) groups is 1. The Morgan fingerprint density at radius 3 is 1.82 bits per heavy atom. The van der Waals surface area contributed by atoms with Gasteiger partial charge in [0.15, 0.2) is 0 Å². The second kappa shape index (κ2) is 20.0. The molecular weight excluding hydrogens is 535 g/mol. The van der Waals surface area contributed by atoms with Crippen molar-refractivity contribution in [3.63, 3.8) is 0 Å². The molecule has 39 heavy (non-hydrogen) atoms. The molecule has 0 aromatic rings. The van der Waals surface area contributed by atoms with Gasteiger partial charge in [-0.3, -0.25) is 13.8 Å². The monoisotopic (exact) mass is 584 g/mol. The molecule has 6 unspecified atom stereocenters. The van der Waals surface area contributed by atoms with Gasteiger partial charge in [0.2, 0.25) is 0 Å². The van der Waals surface area contributed by atoms with Crippen LogP contribution in [-0.2, 0) is 23.1 Å². The fourth-order valence-electron chi connectivity index (χ4n) is 4.16. The van der Waals surface area contributed by atoms with E-state index in [1.165, 1.54) is 38.5 Å². The van der Waals surface area contributed by atoms with Crippen molar-refractivity contribution in [1.82, 2.24) is 0 Å². The molecule has 0 radical (unpaired) electrons. The maximum absolute atomic E-state index is 12.1. The minimum atomic E-state index is -4.98. The van der Waals surface area contributed by atoms with Crippen LogP contribution >= 0.6 is 7.82 Å². The van der Waals surface area contributed by atoms with Gasteiger partial charge in [-0.15, -0.1) is 0 Å². The Labute approximate surface area is 231 Å². The third-order valence-corrected chi connectivity index (χ3v) is 7.57. The van der Waals surface area contributed by atoms with Crippen molar-refractivity contribution in [3.8, 4) is 0 Å². The van der Waals surface area contributed by atoms with E-state index in [1.807, 2.05) is 0 Å². The van der Waals surface area contributed by atoms with Gasteiger partial charge in [0.1, 0.15) is 49.3 Å². The molecule has 0 saturated heterocycles. The number of unbranched alkanes of at least 4 members (excludes halogenated alkanes) is 10. The molecule has 6 atom stereocenters. The van der Waals surface area contributed by atoms with Crippen molar-refractivity contribution in [3.05, 3.63) is 12.2 Å². The molecule has 230 valence electrons. The Hall–Kier alpha value is -0.920. The topological polar surface area (TPSA) is 203 Å². The van der Waals surface area contributed by atoms with E-state index < -0.39 is 69.7 Å². The SMILES string of the molecule is CCCCCCCC/C=C\CCCCCCC(=O)OCC(O)COP(=O)(O)OC1C(O)C(O)C(O)C(O)C1O. The number of hydrogen-bond donors (Lipinski definition) is 7. The molecule has 7 N–H and O–H groups in total. The average molecular weight is 585 g/mol. The maximum Gasteiger partial charge on any atom is 0.472 e. The molecule has 0 heterocycles. The van der Waals surface area contributed by atoms with Crippen LogP contribution in [0.4, 0.5) is 0 Å². The van der Waals surface area contributed by atoms with E-state index in [1.54, 1.807) is 0 Å². The van der Waals surface area contributed by atoms with Crippen molar-refractivity contribution < 1.29 is 58.7 Å². The normalized spacial score (nSPS) is 27.9. The average Bonchev–Trinajstić information content (AvgIpc) is 2.91. The minimum Gasteiger partial charge on any atom is -0.463 e. The van der Waals surface area contributed by atoms with Gasteiger partial charge in [-0.05, 0) is 32.1 Å². The van der Waals surface area contributed by atoms with E-state index in [-0.39, 0.29) is 6.42 Å². The number of phosphoric ester groups is 1. The highest BCUT2D eigenvalue weighted by Crippen LogP contribution is 2.47. The van der Waals surface area contributed by atoms with E-state index in [2.05, 4.69) is 28.1 Å². The summed E-state index contributed by atoms with van der Waals surface area (Å²) in [6, 6.07) is 0. The summed E-state index contributed by atoms with van der Waals surface area (Å²) in [5.74, 6) is -0.522. The number of ether oxygens (including phenoxy) is 1. The smallest absolute Gasteiger partial charge is 0.463 e. The molecule has 1 aliphatic rings. The van der Waals surface area contributed by atoms with Gasteiger partial charge < -0.3 is 40.3 Å². The van der Waals surface area contributed by atoms with Crippen LogP contribution in [0.1, 0.15) is 90.4 Å². The number of aliphatic hydroxyl groups is 6. The van der Waals surface area contributed by atoms with E-state index in [0.717, 1.165) is 32.1 Å². The van der Waals surface area contributed by atoms with E-state index in [4.69, 9.17) is 4.74 Å². The van der Waals surface area contributed by atoms with Crippen molar-refractivity contribution >= 4 is 13.8 Å². The summed E-state index contributed by atoms with van der Waals surface area (Å²) in [5.41, 5.74) is 0. The van der Waals surface area contributed by atoms with Crippen molar-refractivity contribution in [2.24, 2.45) is 0 Å². The standard InChI is InChI=1S/C26H49O12P/c1-2-3-4-5-6-7-8-9-10-11-12-13-14-15-16-20(28)36-17-19(27)18-37-39(34,35)38-26-24(32)22(30)21(29)23(31)25(26)33/h9-10,19,21-27,29-33H,2-8,11-18H2,1H3,(H,34,35)/b10-9-. The lowest BCUT2D eigenvalue weighted by molar-refractivity contribution is -0.220. The van der Waals surface area contributed by atoms with Gasteiger partial charge >= 0.3 is 13.8 Å². The Balaban J connectivity index is 2.12. The predicted octanol–water partition coefficient (Wildman–Crippen LogP) is 1.86. The molecular formula is C26H49O12P. The van der Waals surface area contributed by atoms with Crippen molar-refractivity contribution in [2.75, 3.05) is 13.2 Å². The molecule has 0 spiro atoms. The Morgan fingerprint density at radius 1 is 0.769 bits per heavy atom. The summed E-state index contributed by atoms with van der Waals surface area (Å²) < 4.78 is 26.3. The maximum atomic E-state index is 12.1. The lowest BCUT2D eigenvalue weighted by Crippen LogP contribution is -2.64. The molecule has 1 fully saturated rings. The molecule has 0 aromatic heterocycles. The number of esters is 1. The Morgan fingerprint density at radius 2 is 1.26 bits per heavy atom. The van der Waals surface area contributed by atoms with Crippen LogP contribution in [0.15, 0.2) is 12.2 Å². The number of phosphoric acid groups is 1. The summed E-state index contributed by atoms with van der Waals surface area (Å²) >= 11 is 0. The molecule has 1 saturated carbocycles. The number of aliphatic hydroxyl groups excluding tert-OH is 6. The van der Waals surface area contributed by atoms with E-state index >= 15 is 0 Å². The van der Waals surface area contributed by atoms with Gasteiger partial charge in [0.05, 0.1) is 6.61 Å². The van der Waals surface area contributed by atoms with Crippen LogP contribution in [-0.4, -0.2) is 97.4 Å². The molecule has 0 bridgehead atoms. The highest BCUT2D eigenvalue weighted by Gasteiger charge is 2.51. The summed E-state index contributed by atoms with van der Waals surface area (Å²) in [6.07, 6.45) is 4.93. The number of rotatable bonds is 21. The summed E-state index contributed by atoms with van der Waals surface area (Å²) in [7, 11) is -4.98. The van der Waals surface area contributed by atoms with Gasteiger partial charge in [-0.2, -0.15) is 0 Å². The first kappa shape index (κ1) is 36.1.